The van der Waals surface area contributed by atoms with Crippen molar-refractivity contribution in [3.63, 3.8) is 0 Å². The average Bonchev–Trinajstić information content (AvgIpc) is 2.23. The Labute approximate surface area is 86.0 Å². The molecule has 1 aliphatic heterocycles. The summed E-state index contributed by atoms with van der Waals surface area (Å²) in [6, 6.07) is 3.99. The molecule has 2 heterocycles. The quantitative estimate of drug-likeness (QED) is 0.708. The highest BCUT2D eigenvalue weighted by Gasteiger charge is 2.15. The number of hydrogen-bond acceptors (Lipinski definition) is 2. The van der Waals surface area contributed by atoms with Crippen molar-refractivity contribution in [1.82, 2.24) is 9.88 Å². The van der Waals surface area contributed by atoms with Crippen LogP contribution >= 0.6 is 0 Å². The van der Waals surface area contributed by atoms with E-state index >= 15 is 0 Å². The molecule has 0 unspecified atom stereocenters. The van der Waals surface area contributed by atoms with Crippen molar-refractivity contribution in [3.05, 3.63) is 30.1 Å². The molecule has 0 saturated carbocycles. The molecule has 1 fully saturated rings. The van der Waals surface area contributed by atoms with Crippen LogP contribution in [0, 0.1) is 12.1 Å². The van der Waals surface area contributed by atoms with Crippen LogP contribution in [0.3, 0.4) is 0 Å². The van der Waals surface area contributed by atoms with Crippen LogP contribution in [-0.4, -0.2) is 23.0 Å². The van der Waals surface area contributed by atoms with Crippen LogP contribution in [0.4, 0.5) is 0 Å². The van der Waals surface area contributed by atoms with Gasteiger partial charge in [0, 0.05) is 12.7 Å². The van der Waals surface area contributed by atoms with Crippen LogP contribution in [0.15, 0.2) is 18.3 Å². The van der Waals surface area contributed by atoms with Gasteiger partial charge >= 0.3 is 0 Å². The summed E-state index contributed by atoms with van der Waals surface area (Å²) in [5.41, 5.74) is 1.30. The van der Waals surface area contributed by atoms with Gasteiger partial charge in [-0.25, -0.2) is 0 Å². The van der Waals surface area contributed by atoms with Gasteiger partial charge in [0.05, 0.1) is 6.20 Å². The Morgan fingerprint density at radius 2 is 2.29 bits per heavy atom. The molecule has 0 spiro atoms. The molecule has 1 aromatic heterocycles. The molecule has 2 nitrogen and oxygen atoms in total. The lowest BCUT2D eigenvalue weighted by atomic mass is 9.99. The number of pyridine rings is 1. The number of nitrogens with zero attached hydrogens (tertiary/aromatic N) is 2. The minimum atomic E-state index is 0.911. The fraction of sp³-hybridized carbons (Fsp3) is 0.583. The summed E-state index contributed by atoms with van der Waals surface area (Å²) in [7, 11) is 0. The van der Waals surface area contributed by atoms with E-state index in [0.29, 0.717) is 0 Å². The zero-order valence-electron chi connectivity index (χ0n) is 8.74. The van der Waals surface area contributed by atoms with Crippen molar-refractivity contribution in [2.45, 2.75) is 26.3 Å². The van der Waals surface area contributed by atoms with E-state index in [1.807, 2.05) is 12.3 Å². The van der Waals surface area contributed by atoms with E-state index in [1.54, 1.807) is 0 Å². The molecule has 0 atom stereocenters. The van der Waals surface area contributed by atoms with Crippen LogP contribution in [0.2, 0.25) is 0 Å². The maximum atomic E-state index is 4.01. The molecule has 1 aromatic rings. The van der Waals surface area contributed by atoms with Crippen molar-refractivity contribution in [2.75, 3.05) is 13.1 Å². The number of rotatable bonds is 2. The van der Waals surface area contributed by atoms with Crippen molar-refractivity contribution < 1.29 is 0 Å². The summed E-state index contributed by atoms with van der Waals surface area (Å²) >= 11 is 0. The monoisotopic (exact) mass is 189 g/mol. The summed E-state index contributed by atoms with van der Waals surface area (Å²) in [6.07, 6.45) is 7.40. The molecule has 75 valence electrons. The second-order valence-electron chi connectivity index (χ2n) is 4.25. The predicted octanol–water partition coefficient (Wildman–Crippen LogP) is 2.11. The van der Waals surface area contributed by atoms with Crippen LogP contribution in [-0.2, 0) is 6.54 Å². The highest BCUT2D eigenvalue weighted by molar-refractivity contribution is 5.07. The third-order valence-corrected chi connectivity index (χ3v) is 2.96. The minimum absolute atomic E-state index is 0.911. The lowest BCUT2D eigenvalue weighted by Crippen LogP contribution is -2.32. The molecule has 0 amide bonds. The molecule has 0 aromatic carbocycles. The SMILES string of the molecule is CC1CCN(Cc2cc[c]nc2)CC1. The van der Waals surface area contributed by atoms with Crippen LogP contribution < -0.4 is 0 Å². The summed E-state index contributed by atoms with van der Waals surface area (Å²) < 4.78 is 0. The first-order chi connectivity index (χ1) is 6.84. The molecule has 0 bridgehead atoms. The molecule has 2 heteroatoms. The van der Waals surface area contributed by atoms with Gasteiger partial charge in [-0.1, -0.05) is 13.0 Å². The molecule has 1 aliphatic rings. The lowest BCUT2D eigenvalue weighted by Gasteiger charge is -2.29. The van der Waals surface area contributed by atoms with Gasteiger partial charge in [-0.3, -0.25) is 9.88 Å². The molecule has 14 heavy (non-hydrogen) atoms. The van der Waals surface area contributed by atoms with E-state index in [0.717, 1.165) is 12.5 Å². The highest BCUT2D eigenvalue weighted by atomic mass is 15.1. The summed E-state index contributed by atoms with van der Waals surface area (Å²) in [4.78, 5) is 6.52. The summed E-state index contributed by atoms with van der Waals surface area (Å²) in [5.74, 6) is 0.911. The fourth-order valence-electron chi connectivity index (χ4n) is 1.92. The van der Waals surface area contributed by atoms with Crippen molar-refractivity contribution in [2.24, 2.45) is 5.92 Å². The van der Waals surface area contributed by atoms with Gasteiger partial charge in [-0.15, -0.1) is 0 Å². The zero-order chi connectivity index (χ0) is 9.80. The number of likely N-dealkylation sites (tertiary alicyclic amines) is 1. The van der Waals surface area contributed by atoms with Gasteiger partial charge < -0.3 is 0 Å². The maximum Gasteiger partial charge on any atom is 0.0886 e. The largest absolute Gasteiger partial charge is 0.299 e. The van der Waals surface area contributed by atoms with E-state index in [1.165, 1.54) is 31.5 Å². The number of piperidine rings is 1. The average molecular weight is 189 g/mol. The van der Waals surface area contributed by atoms with Gasteiger partial charge in [-0.2, -0.15) is 0 Å². The van der Waals surface area contributed by atoms with Gasteiger partial charge in [0.15, 0.2) is 0 Å². The highest BCUT2D eigenvalue weighted by Crippen LogP contribution is 2.17. The van der Waals surface area contributed by atoms with E-state index in [9.17, 15) is 0 Å². The molecule has 0 aliphatic carbocycles. The molecule has 2 rings (SSSR count). The van der Waals surface area contributed by atoms with E-state index in [2.05, 4.69) is 29.1 Å². The summed E-state index contributed by atoms with van der Waals surface area (Å²) in [6.45, 7) is 5.87. The topological polar surface area (TPSA) is 16.1 Å². The molecule has 0 N–H and O–H groups in total. The minimum Gasteiger partial charge on any atom is -0.299 e. The van der Waals surface area contributed by atoms with Gasteiger partial charge in [0.2, 0.25) is 0 Å². The second kappa shape index (κ2) is 4.56. The predicted molar refractivity (Wildman–Crippen MR) is 56.7 cm³/mol. The van der Waals surface area contributed by atoms with Crippen molar-refractivity contribution >= 4 is 0 Å². The van der Waals surface area contributed by atoms with Crippen LogP contribution in [0.5, 0.6) is 0 Å². The summed E-state index contributed by atoms with van der Waals surface area (Å²) in [5, 5.41) is 0. The van der Waals surface area contributed by atoms with Gasteiger partial charge in [-0.05, 0) is 43.5 Å². The van der Waals surface area contributed by atoms with Crippen LogP contribution in [0.1, 0.15) is 25.3 Å². The first-order valence-corrected chi connectivity index (χ1v) is 5.38. The Morgan fingerprint density at radius 1 is 1.50 bits per heavy atom. The number of aromatic nitrogens is 1. The standard InChI is InChI=1S/C12H17N2/c1-11-4-7-14(8-5-11)10-12-3-2-6-13-9-12/h2-3,9,11H,4-5,7-8,10H2,1H3. The second-order valence-corrected chi connectivity index (χ2v) is 4.25. The molecule has 1 radical (unpaired) electrons. The van der Waals surface area contributed by atoms with Gasteiger partial charge in [0.1, 0.15) is 0 Å². The number of hydrogen-bond donors (Lipinski definition) is 0. The van der Waals surface area contributed by atoms with Crippen molar-refractivity contribution in [1.29, 1.82) is 0 Å². The normalized spacial score (nSPS) is 19.8. The Balaban J connectivity index is 1.87. The fourth-order valence-corrected chi connectivity index (χ4v) is 1.92. The molecular weight excluding hydrogens is 172 g/mol. The molecular formula is C12H17N2. The third-order valence-electron chi connectivity index (χ3n) is 2.96. The Hall–Kier alpha value is -0.890. The Kier molecular flexibility index (Phi) is 3.14. The lowest BCUT2D eigenvalue weighted by molar-refractivity contribution is 0.185. The maximum absolute atomic E-state index is 4.01. The Bertz CT molecular complexity index is 263. The van der Waals surface area contributed by atoms with E-state index in [-0.39, 0.29) is 0 Å². The van der Waals surface area contributed by atoms with Crippen molar-refractivity contribution in [3.8, 4) is 0 Å². The smallest absolute Gasteiger partial charge is 0.0886 e. The third kappa shape index (κ3) is 2.55. The zero-order valence-corrected chi connectivity index (χ0v) is 8.74. The Morgan fingerprint density at radius 3 is 2.93 bits per heavy atom. The van der Waals surface area contributed by atoms with Crippen LogP contribution in [0.25, 0.3) is 0 Å². The first kappa shape index (κ1) is 9.66. The first-order valence-electron chi connectivity index (χ1n) is 5.38. The van der Waals surface area contributed by atoms with E-state index < -0.39 is 0 Å². The molecule has 1 saturated heterocycles. The van der Waals surface area contributed by atoms with Gasteiger partial charge in [0.25, 0.3) is 0 Å². The van der Waals surface area contributed by atoms with E-state index in [4.69, 9.17) is 0 Å².